The van der Waals surface area contributed by atoms with Crippen LogP contribution in [0, 0.1) is 0 Å². The van der Waals surface area contributed by atoms with E-state index < -0.39 is 10.4 Å². The second kappa shape index (κ2) is 4.30. The lowest BCUT2D eigenvalue weighted by Gasteiger charge is -1.91. The maximum Gasteiger partial charge on any atom is 0.394 e. The topological polar surface area (TPSA) is 111 Å². The fourth-order valence-electron chi connectivity index (χ4n) is 1.07. The molecule has 0 saturated heterocycles. The number of H-pyrrole nitrogens is 1. The van der Waals surface area contributed by atoms with Gasteiger partial charge in [0, 0.05) is 11.6 Å². The minimum atomic E-state index is -4.67. The summed E-state index contributed by atoms with van der Waals surface area (Å²) in [5.74, 6) is 0.308. The van der Waals surface area contributed by atoms with E-state index in [0.29, 0.717) is 5.75 Å². The van der Waals surface area contributed by atoms with Crippen molar-refractivity contribution >= 4 is 21.3 Å². The fourth-order valence-corrected chi connectivity index (χ4v) is 1.07. The van der Waals surface area contributed by atoms with Gasteiger partial charge in [0.1, 0.15) is 5.75 Å². The molecule has 82 valence electrons. The number of phenolic OH excluding ortho intramolecular Hbond substituents is 1. The highest BCUT2D eigenvalue weighted by Crippen LogP contribution is 2.21. The number of rotatable bonds is 0. The second-order valence-corrected chi connectivity index (χ2v) is 3.56. The van der Waals surface area contributed by atoms with Crippen LogP contribution in [-0.4, -0.2) is 27.6 Å². The molecule has 1 aromatic heterocycles. The van der Waals surface area contributed by atoms with Gasteiger partial charge in [0.25, 0.3) is 0 Å². The Labute approximate surface area is 85.8 Å². The first-order chi connectivity index (χ1) is 6.88. The monoisotopic (exact) mass is 231 g/mol. The first-order valence-corrected chi connectivity index (χ1v) is 5.22. The van der Waals surface area contributed by atoms with E-state index in [0.717, 1.165) is 10.9 Å². The molecule has 0 fully saturated rings. The summed E-state index contributed by atoms with van der Waals surface area (Å²) in [5, 5.41) is 10.3. The molecule has 15 heavy (non-hydrogen) atoms. The van der Waals surface area contributed by atoms with Gasteiger partial charge in [0.2, 0.25) is 0 Å². The highest BCUT2D eigenvalue weighted by molar-refractivity contribution is 7.79. The standard InChI is InChI=1S/C8H7NO.H2O4S/c10-7-3-1-2-6-4-5-9-8(6)7;1-5(2,3)4/h1-5,9-10H;(H2,1,2,3,4). The van der Waals surface area contributed by atoms with Gasteiger partial charge in [-0.2, -0.15) is 8.42 Å². The van der Waals surface area contributed by atoms with Gasteiger partial charge < -0.3 is 10.1 Å². The Bertz CT molecular complexity index is 537. The van der Waals surface area contributed by atoms with Gasteiger partial charge in [-0.3, -0.25) is 9.11 Å². The summed E-state index contributed by atoms with van der Waals surface area (Å²) in [4.78, 5) is 2.94. The second-order valence-electron chi connectivity index (χ2n) is 2.67. The average Bonchev–Trinajstić information content (AvgIpc) is 2.49. The van der Waals surface area contributed by atoms with E-state index in [2.05, 4.69) is 4.98 Å². The van der Waals surface area contributed by atoms with Crippen molar-refractivity contribution in [3.05, 3.63) is 30.5 Å². The molecule has 1 heterocycles. The first-order valence-electron chi connectivity index (χ1n) is 3.83. The lowest BCUT2D eigenvalue weighted by Crippen LogP contribution is -1.89. The number of hydrogen-bond acceptors (Lipinski definition) is 3. The molecule has 4 N–H and O–H groups in total. The van der Waals surface area contributed by atoms with E-state index in [1.807, 2.05) is 24.4 Å². The van der Waals surface area contributed by atoms with Crippen LogP contribution in [0.5, 0.6) is 5.75 Å². The number of aromatic amines is 1. The molecule has 2 aromatic rings. The SMILES string of the molecule is O=S(=O)(O)O.Oc1cccc2cc[nH]c12. The highest BCUT2D eigenvalue weighted by atomic mass is 32.3. The van der Waals surface area contributed by atoms with Crippen LogP contribution < -0.4 is 0 Å². The lowest BCUT2D eigenvalue weighted by molar-refractivity contribution is 0.381. The zero-order chi connectivity index (χ0) is 11.5. The number of aromatic nitrogens is 1. The molecule has 0 bridgehead atoms. The Morgan fingerprint density at radius 2 is 1.73 bits per heavy atom. The van der Waals surface area contributed by atoms with Crippen LogP contribution in [0.2, 0.25) is 0 Å². The maximum absolute atomic E-state index is 9.23. The van der Waals surface area contributed by atoms with Crippen LogP contribution in [0.15, 0.2) is 30.5 Å². The molecule has 0 spiro atoms. The van der Waals surface area contributed by atoms with E-state index in [1.54, 1.807) is 6.07 Å². The molecular formula is C8H9NO5S. The van der Waals surface area contributed by atoms with Crippen molar-refractivity contribution in [1.29, 1.82) is 0 Å². The molecule has 7 heteroatoms. The summed E-state index contributed by atoms with van der Waals surface area (Å²) in [7, 11) is -4.67. The molecule has 6 nitrogen and oxygen atoms in total. The largest absolute Gasteiger partial charge is 0.506 e. The number of para-hydroxylation sites is 1. The molecule has 0 unspecified atom stereocenters. The van der Waals surface area contributed by atoms with Crippen molar-refractivity contribution in [1.82, 2.24) is 4.98 Å². The van der Waals surface area contributed by atoms with Crippen LogP contribution in [0.4, 0.5) is 0 Å². The molecule has 0 amide bonds. The average molecular weight is 231 g/mol. The fraction of sp³-hybridized carbons (Fsp3) is 0. The third kappa shape index (κ3) is 3.98. The molecule has 0 aliphatic carbocycles. The molecule has 1 aromatic carbocycles. The molecular weight excluding hydrogens is 222 g/mol. The summed E-state index contributed by atoms with van der Waals surface area (Å²) in [6.45, 7) is 0. The lowest BCUT2D eigenvalue weighted by atomic mass is 10.2. The van der Waals surface area contributed by atoms with Gasteiger partial charge in [-0.05, 0) is 12.1 Å². The summed E-state index contributed by atoms with van der Waals surface area (Å²) < 4.78 is 31.6. The molecule has 0 aliphatic heterocycles. The van der Waals surface area contributed by atoms with E-state index in [4.69, 9.17) is 17.5 Å². The van der Waals surface area contributed by atoms with Crippen LogP contribution in [-0.2, 0) is 10.4 Å². The Kier molecular flexibility index (Phi) is 3.30. The van der Waals surface area contributed by atoms with E-state index in [1.165, 1.54) is 0 Å². The van der Waals surface area contributed by atoms with Gasteiger partial charge in [0.15, 0.2) is 0 Å². The van der Waals surface area contributed by atoms with E-state index >= 15 is 0 Å². The van der Waals surface area contributed by atoms with Gasteiger partial charge in [-0.1, -0.05) is 12.1 Å². The molecule has 0 saturated carbocycles. The van der Waals surface area contributed by atoms with Crippen molar-refractivity contribution < 1.29 is 22.6 Å². The van der Waals surface area contributed by atoms with Gasteiger partial charge in [-0.15, -0.1) is 0 Å². The minimum absolute atomic E-state index is 0.308. The summed E-state index contributed by atoms with van der Waals surface area (Å²) in [5.41, 5.74) is 0.808. The van der Waals surface area contributed by atoms with Crippen molar-refractivity contribution in [3.63, 3.8) is 0 Å². The number of phenols is 1. The molecule has 2 rings (SSSR count). The van der Waals surface area contributed by atoms with E-state index in [-0.39, 0.29) is 0 Å². The van der Waals surface area contributed by atoms with Crippen molar-refractivity contribution in [3.8, 4) is 5.75 Å². The number of benzene rings is 1. The highest BCUT2D eigenvalue weighted by Gasteiger charge is 1.96. The predicted octanol–water partition coefficient (Wildman–Crippen LogP) is 1.22. The molecule has 0 aliphatic rings. The quantitative estimate of drug-likeness (QED) is 0.509. The number of nitrogens with one attached hydrogen (secondary N) is 1. The number of aromatic hydroxyl groups is 1. The Morgan fingerprint density at radius 3 is 2.27 bits per heavy atom. The smallest absolute Gasteiger partial charge is 0.394 e. The maximum atomic E-state index is 9.23. The van der Waals surface area contributed by atoms with Crippen molar-refractivity contribution in [2.24, 2.45) is 0 Å². The van der Waals surface area contributed by atoms with Crippen LogP contribution in [0.3, 0.4) is 0 Å². The van der Waals surface area contributed by atoms with Crippen LogP contribution in [0.25, 0.3) is 10.9 Å². The van der Waals surface area contributed by atoms with Gasteiger partial charge >= 0.3 is 10.4 Å². The third-order valence-corrected chi connectivity index (χ3v) is 1.57. The van der Waals surface area contributed by atoms with Crippen LogP contribution >= 0.6 is 0 Å². The Morgan fingerprint density at radius 1 is 1.13 bits per heavy atom. The predicted molar refractivity (Wildman–Crippen MR) is 54.1 cm³/mol. The van der Waals surface area contributed by atoms with Crippen molar-refractivity contribution in [2.75, 3.05) is 0 Å². The molecule has 0 radical (unpaired) electrons. The normalized spacial score (nSPS) is 10.8. The number of hydrogen-bond donors (Lipinski definition) is 4. The van der Waals surface area contributed by atoms with E-state index in [9.17, 15) is 5.11 Å². The summed E-state index contributed by atoms with van der Waals surface area (Å²) in [6, 6.07) is 7.37. The third-order valence-electron chi connectivity index (χ3n) is 1.57. The Hall–Kier alpha value is -1.57. The summed E-state index contributed by atoms with van der Waals surface area (Å²) >= 11 is 0. The zero-order valence-corrected chi connectivity index (χ0v) is 8.27. The number of fused-ring (bicyclic) bond motifs is 1. The zero-order valence-electron chi connectivity index (χ0n) is 7.45. The van der Waals surface area contributed by atoms with Gasteiger partial charge in [0.05, 0.1) is 5.52 Å². The van der Waals surface area contributed by atoms with Gasteiger partial charge in [-0.25, -0.2) is 0 Å². The van der Waals surface area contributed by atoms with Crippen molar-refractivity contribution in [2.45, 2.75) is 0 Å². The Balaban J connectivity index is 0.000000195. The molecule has 0 atom stereocenters. The van der Waals surface area contributed by atoms with Crippen LogP contribution in [0.1, 0.15) is 0 Å². The summed E-state index contributed by atoms with van der Waals surface area (Å²) in [6.07, 6.45) is 1.81. The minimum Gasteiger partial charge on any atom is -0.506 e. The first kappa shape index (κ1) is 11.5.